The van der Waals surface area contributed by atoms with Gasteiger partial charge in [-0.1, -0.05) is 26.7 Å². The highest BCUT2D eigenvalue weighted by molar-refractivity contribution is 4.72. The first-order valence-corrected chi connectivity index (χ1v) is 6.82. The quantitative estimate of drug-likeness (QED) is 0.705. The molecule has 1 heterocycles. The molecule has 0 radical (unpaired) electrons. The number of hydrogen-bond donors (Lipinski definition) is 1. The third kappa shape index (κ3) is 5.53. The van der Waals surface area contributed by atoms with Gasteiger partial charge in [0, 0.05) is 6.04 Å². The summed E-state index contributed by atoms with van der Waals surface area (Å²) in [5.41, 5.74) is 0. The molecule has 1 rings (SSSR count). The molecule has 90 valence electrons. The molecule has 2 heteroatoms. The van der Waals surface area contributed by atoms with Crippen molar-refractivity contribution in [2.75, 3.05) is 26.2 Å². The van der Waals surface area contributed by atoms with Crippen LogP contribution in [0.5, 0.6) is 0 Å². The predicted molar refractivity (Wildman–Crippen MR) is 67.3 cm³/mol. The first-order chi connectivity index (χ1) is 7.36. The Hall–Kier alpha value is -0.0800. The van der Waals surface area contributed by atoms with Gasteiger partial charge in [0.05, 0.1) is 0 Å². The van der Waals surface area contributed by atoms with Crippen molar-refractivity contribution in [1.82, 2.24) is 10.2 Å². The Labute approximate surface area is 95.4 Å². The fraction of sp³-hybridized carbons (Fsp3) is 1.00. The second-order valence-electron chi connectivity index (χ2n) is 4.75. The van der Waals surface area contributed by atoms with Crippen LogP contribution in [0.25, 0.3) is 0 Å². The molecule has 0 bridgehead atoms. The third-order valence-electron chi connectivity index (χ3n) is 3.45. The van der Waals surface area contributed by atoms with Crippen LogP contribution in [0, 0.1) is 0 Å². The summed E-state index contributed by atoms with van der Waals surface area (Å²) in [6, 6.07) is 0.763. The minimum absolute atomic E-state index is 0.763. The van der Waals surface area contributed by atoms with Crippen LogP contribution in [0.4, 0.5) is 0 Å². The maximum absolute atomic E-state index is 3.63. The van der Waals surface area contributed by atoms with Crippen LogP contribution in [0.2, 0.25) is 0 Å². The second kappa shape index (κ2) is 8.12. The molecule has 1 saturated heterocycles. The van der Waals surface area contributed by atoms with E-state index in [9.17, 15) is 0 Å². The first kappa shape index (κ1) is 13.0. The van der Waals surface area contributed by atoms with E-state index in [-0.39, 0.29) is 0 Å². The van der Waals surface area contributed by atoms with E-state index in [1.165, 1.54) is 64.7 Å². The standard InChI is InChI=1S/C13H28N2/c1-3-5-6-10-15-11-7-9-14-13(4-2)8-12-15/h13-14H,3-12H2,1-2H3. The Morgan fingerprint density at radius 1 is 1.20 bits per heavy atom. The van der Waals surface area contributed by atoms with Crippen LogP contribution >= 0.6 is 0 Å². The van der Waals surface area contributed by atoms with Gasteiger partial charge in [0.1, 0.15) is 0 Å². The Bertz CT molecular complexity index is 147. The minimum atomic E-state index is 0.763. The molecule has 0 aromatic carbocycles. The summed E-state index contributed by atoms with van der Waals surface area (Å²) in [4.78, 5) is 2.67. The number of nitrogens with zero attached hydrogens (tertiary/aromatic N) is 1. The van der Waals surface area contributed by atoms with E-state index >= 15 is 0 Å². The topological polar surface area (TPSA) is 15.3 Å². The van der Waals surface area contributed by atoms with Crippen molar-refractivity contribution in [1.29, 1.82) is 0 Å². The average Bonchev–Trinajstić information content (AvgIpc) is 2.22. The molecule has 0 spiro atoms. The van der Waals surface area contributed by atoms with E-state index in [0.29, 0.717) is 0 Å². The maximum Gasteiger partial charge on any atom is 0.00766 e. The molecule has 15 heavy (non-hydrogen) atoms. The van der Waals surface area contributed by atoms with Gasteiger partial charge in [-0.15, -0.1) is 0 Å². The van der Waals surface area contributed by atoms with Crippen molar-refractivity contribution in [3.63, 3.8) is 0 Å². The van der Waals surface area contributed by atoms with Gasteiger partial charge in [0.2, 0.25) is 0 Å². The zero-order valence-corrected chi connectivity index (χ0v) is 10.6. The largest absolute Gasteiger partial charge is 0.314 e. The number of rotatable bonds is 5. The Morgan fingerprint density at radius 2 is 2.07 bits per heavy atom. The molecular formula is C13H28N2. The van der Waals surface area contributed by atoms with E-state index in [0.717, 1.165) is 6.04 Å². The highest BCUT2D eigenvalue weighted by Gasteiger charge is 2.12. The maximum atomic E-state index is 3.63. The molecule has 0 aromatic rings. The molecule has 0 amide bonds. The van der Waals surface area contributed by atoms with Crippen molar-refractivity contribution < 1.29 is 0 Å². The molecule has 0 saturated carbocycles. The Morgan fingerprint density at radius 3 is 2.80 bits per heavy atom. The van der Waals surface area contributed by atoms with E-state index in [1.54, 1.807) is 0 Å². The minimum Gasteiger partial charge on any atom is -0.314 e. The lowest BCUT2D eigenvalue weighted by atomic mass is 10.1. The SMILES string of the molecule is CCCCCN1CCCNC(CC)CC1. The number of hydrogen-bond acceptors (Lipinski definition) is 2. The fourth-order valence-corrected chi connectivity index (χ4v) is 2.32. The van der Waals surface area contributed by atoms with Crippen molar-refractivity contribution >= 4 is 0 Å². The normalized spacial score (nSPS) is 24.8. The van der Waals surface area contributed by atoms with Gasteiger partial charge in [-0.3, -0.25) is 0 Å². The molecule has 1 fully saturated rings. The zero-order chi connectivity index (χ0) is 10.9. The summed E-state index contributed by atoms with van der Waals surface area (Å²) in [5, 5.41) is 3.63. The lowest BCUT2D eigenvalue weighted by molar-refractivity contribution is 0.227. The van der Waals surface area contributed by atoms with Crippen LogP contribution in [0.1, 0.15) is 52.4 Å². The van der Waals surface area contributed by atoms with E-state index < -0.39 is 0 Å². The van der Waals surface area contributed by atoms with Crippen LogP contribution in [0.15, 0.2) is 0 Å². The monoisotopic (exact) mass is 212 g/mol. The van der Waals surface area contributed by atoms with Crippen molar-refractivity contribution in [2.24, 2.45) is 0 Å². The van der Waals surface area contributed by atoms with Crippen molar-refractivity contribution in [3.8, 4) is 0 Å². The summed E-state index contributed by atoms with van der Waals surface area (Å²) >= 11 is 0. The fourth-order valence-electron chi connectivity index (χ4n) is 2.32. The van der Waals surface area contributed by atoms with Crippen LogP contribution in [-0.4, -0.2) is 37.1 Å². The van der Waals surface area contributed by atoms with Crippen molar-refractivity contribution in [2.45, 2.75) is 58.4 Å². The average molecular weight is 212 g/mol. The van der Waals surface area contributed by atoms with Gasteiger partial charge in [0.25, 0.3) is 0 Å². The van der Waals surface area contributed by atoms with Crippen LogP contribution in [-0.2, 0) is 0 Å². The molecule has 1 aliphatic heterocycles. The second-order valence-corrected chi connectivity index (χ2v) is 4.75. The number of unbranched alkanes of at least 4 members (excludes halogenated alkanes) is 2. The lowest BCUT2D eigenvalue weighted by Crippen LogP contribution is -2.39. The summed E-state index contributed by atoms with van der Waals surface area (Å²) < 4.78 is 0. The van der Waals surface area contributed by atoms with Gasteiger partial charge in [-0.2, -0.15) is 0 Å². The zero-order valence-electron chi connectivity index (χ0n) is 10.6. The lowest BCUT2D eigenvalue weighted by Gasteiger charge is -2.28. The number of nitrogens with one attached hydrogen (secondary N) is 1. The van der Waals surface area contributed by atoms with Crippen molar-refractivity contribution in [3.05, 3.63) is 0 Å². The molecule has 0 aliphatic carbocycles. The van der Waals surface area contributed by atoms with Crippen LogP contribution in [0.3, 0.4) is 0 Å². The van der Waals surface area contributed by atoms with E-state index in [4.69, 9.17) is 0 Å². The Kier molecular flexibility index (Phi) is 7.03. The molecular weight excluding hydrogens is 184 g/mol. The van der Waals surface area contributed by atoms with Gasteiger partial charge in [0.15, 0.2) is 0 Å². The summed E-state index contributed by atoms with van der Waals surface area (Å²) in [7, 11) is 0. The third-order valence-corrected chi connectivity index (χ3v) is 3.45. The molecule has 2 nitrogen and oxygen atoms in total. The summed E-state index contributed by atoms with van der Waals surface area (Å²) in [6.45, 7) is 9.71. The molecule has 1 unspecified atom stereocenters. The van der Waals surface area contributed by atoms with Gasteiger partial charge in [-0.25, -0.2) is 0 Å². The molecule has 1 N–H and O–H groups in total. The van der Waals surface area contributed by atoms with Gasteiger partial charge >= 0.3 is 0 Å². The first-order valence-electron chi connectivity index (χ1n) is 6.82. The highest BCUT2D eigenvalue weighted by atomic mass is 15.1. The highest BCUT2D eigenvalue weighted by Crippen LogP contribution is 2.07. The predicted octanol–water partition coefficient (Wildman–Crippen LogP) is 2.64. The Balaban J connectivity index is 2.19. The van der Waals surface area contributed by atoms with E-state index in [1.807, 2.05) is 0 Å². The molecule has 0 aromatic heterocycles. The molecule has 1 aliphatic rings. The summed E-state index contributed by atoms with van der Waals surface area (Å²) in [6.07, 6.45) is 8.06. The van der Waals surface area contributed by atoms with Crippen LogP contribution < -0.4 is 5.32 Å². The van der Waals surface area contributed by atoms with Gasteiger partial charge < -0.3 is 10.2 Å². The molecule has 1 atom stereocenters. The van der Waals surface area contributed by atoms with Gasteiger partial charge in [-0.05, 0) is 51.9 Å². The smallest absolute Gasteiger partial charge is 0.00766 e. The summed E-state index contributed by atoms with van der Waals surface area (Å²) in [5.74, 6) is 0. The van der Waals surface area contributed by atoms with E-state index in [2.05, 4.69) is 24.1 Å².